The van der Waals surface area contributed by atoms with E-state index in [0.717, 1.165) is 12.0 Å². The van der Waals surface area contributed by atoms with Crippen LogP contribution in [0, 0.1) is 18.8 Å². The van der Waals surface area contributed by atoms with Crippen LogP contribution in [-0.2, 0) is 35.1 Å². The van der Waals surface area contributed by atoms with Gasteiger partial charge in [-0.25, -0.2) is 0 Å². The summed E-state index contributed by atoms with van der Waals surface area (Å²) in [5, 5.41) is 37.0. The minimum absolute atomic E-state index is 0.0417. The molecule has 11 atom stereocenters. The second kappa shape index (κ2) is 17.9. The SMILES string of the molecule is CC[C@H](OC)[C@@H](C)[C@H]1O[C@@H]1C(NCc1ccc(C)cc1)C(C)(O)C=CC=C(C)C1OC(=O)C[C@H](O)CC[C@@](C)(O)[C@@H](OC(C)=O)C=C[C@@H]1C. The fourth-order valence-electron chi connectivity index (χ4n) is 6.60. The predicted octanol–water partition coefficient (Wildman–Crippen LogP) is 4.87. The molecule has 1 aromatic rings. The highest BCUT2D eigenvalue weighted by atomic mass is 16.6. The highest BCUT2D eigenvalue weighted by Crippen LogP contribution is 2.39. The van der Waals surface area contributed by atoms with Crippen molar-refractivity contribution in [3.05, 3.63) is 71.3 Å². The fraction of sp³-hybridized carbons (Fsp3) is 0.641. The summed E-state index contributed by atoms with van der Waals surface area (Å²) in [5.41, 5.74) is 0.189. The molecule has 0 amide bonds. The number of ether oxygens (including phenoxy) is 4. The van der Waals surface area contributed by atoms with Gasteiger partial charge in [0.25, 0.3) is 0 Å². The van der Waals surface area contributed by atoms with Gasteiger partial charge in [-0.2, -0.15) is 0 Å². The number of benzene rings is 1. The van der Waals surface area contributed by atoms with E-state index in [1.54, 1.807) is 51.3 Å². The lowest BCUT2D eigenvalue weighted by Gasteiger charge is -2.32. The maximum atomic E-state index is 12.9. The molecule has 0 bridgehead atoms. The minimum Gasteiger partial charge on any atom is -0.457 e. The number of nitrogens with one attached hydrogen (secondary N) is 1. The van der Waals surface area contributed by atoms with Gasteiger partial charge in [0.15, 0.2) is 0 Å². The molecule has 2 aliphatic rings. The van der Waals surface area contributed by atoms with E-state index in [9.17, 15) is 24.9 Å². The number of carbonyl (C=O) groups is 2. The number of hydrogen-bond acceptors (Lipinski definition) is 10. The molecule has 0 saturated carbocycles. The lowest BCUT2D eigenvalue weighted by molar-refractivity contribution is -0.157. The van der Waals surface area contributed by atoms with E-state index in [0.29, 0.717) is 12.1 Å². The van der Waals surface area contributed by atoms with Gasteiger partial charge in [0.05, 0.1) is 36.4 Å². The Morgan fingerprint density at radius 1 is 1.20 bits per heavy atom. The molecule has 0 spiro atoms. The maximum absolute atomic E-state index is 12.9. The van der Waals surface area contributed by atoms with Crippen LogP contribution in [0.1, 0.15) is 85.3 Å². The van der Waals surface area contributed by atoms with Crippen molar-refractivity contribution in [3.8, 4) is 0 Å². The summed E-state index contributed by atoms with van der Waals surface area (Å²) in [4.78, 5) is 24.7. The van der Waals surface area contributed by atoms with Crippen LogP contribution >= 0.6 is 0 Å². The second-order valence-corrected chi connectivity index (χ2v) is 14.4. The van der Waals surface area contributed by atoms with Crippen LogP contribution in [0.15, 0.2) is 60.2 Å². The third-order valence-electron chi connectivity index (χ3n) is 9.83. The Hall–Kier alpha value is -2.86. The number of epoxide rings is 1. The maximum Gasteiger partial charge on any atom is 0.309 e. The van der Waals surface area contributed by atoms with E-state index in [1.807, 2.05) is 20.8 Å². The van der Waals surface area contributed by atoms with Crippen LogP contribution in [0.3, 0.4) is 0 Å². The first-order chi connectivity index (χ1) is 23.0. The van der Waals surface area contributed by atoms with Gasteiger partial charge < -0.3 is 39.6 Å². The Labute approximate surface area is 292 Å². The normalized spacial score (nSPS) is 31.5. The molecular formula is C39H59NO9. The van der Waals surface area contributed by atoms with Crippen LogP contribution in [0.4, 0.5) is 0 Å². The number of hydrogen-bond donors (Lipinski definition) is 4. The molecule has 0 aliphatic carbocycles. The average molecular weight is 686 g/mol. The number of allylic oxidation sites excluding steroid dienone is 2. The largest absolute Gasteiger partial charge is 0.457 e. The lowest BCUT2D eigenvalue weighted by atomic mass is 9.87. The summed E-state index contributed by atoms with van der Waals surface area (Å²) in [5.74, 6) is -1.35. The molecule has 3 rings (SSSR count). The first kappa shape index (κ1) is 40.6. The molecule has 0 radical (unpaired) electrons. The molecule has 1 saturated heterocycles. The van der Waals surface area contributed by atoms with E-state index in [1.165, 1.54) is 12.5 Å². The molecule has 0 aromatic heterocycles. The van der Waals surface area contributed by atoms with Crippen molar-refractivity contribution in [3.63, 3.8) is 0 Å². The summed E-state index contributed by atoms with van der Waals surface area (Å²) in [6.45, 7) is 15.0. The Morgan fingerprint density at radius 3 is 2.49 bits per heavy atom. The number of cyclic esters (lactones) is 1. The summed E-state index contributed by atoms with van der Waals surface area (Å²) in [7, 11) is 1.71. The topological polar surface area (TPSA) is 147 Å². The van der Waals surface area contributed by atoms with E-state index >= 15 is 0 Å². The van der Waals surface area contributed by atoms with Crippen molar-refractivity contribution in [2.24, 2.45) is 11.8 Å². The Kier molecular flexibility index (Phi) is 14.8. The van der Waals surface area contributed by atoms with Crippen LogP contribution in [0.25, 0.3) is 0 Å². The molecule has 10 nitrogen and oxygen atoms in total. The molecule has 4 N–H and O–H groups in total. The zero-order valence-corrected chi connectivity index (χ0v) is 30.7. The lowest BCUT2D eigenvalue weighted by Crippen LogP contribution is -2.52. The van der Waals surface area contributed by atoms with Crippen molar-refractivity contribution in [1.29, 1.82) is 0 Å². The second-order valence-electron chi connectivity index (χ2n) is 14.4. The van der Waals surface area contributed by atoms with Gasteiger partial charge in [0.1, 0.15) is 23.9 Å². The van der Waals surface area contributed by atoms with Crippen LogP contribution in [0.2, 0.25) is 0 Å². The van der Waals surface area contributed by atoms with Gasteiger partial charge in [-0.1, -0.05) is 74.9 Å². The van der Waals surface area contributed by atoms with Gasteiger partial charge in [-0.3, -0.25) is 9.59 Å². The van der Waals surface area contributed by atoms with Gasteiger partial charge in [-0.15, -0.1) is 0 Å². The molecule has 1 aromatic carbocycles. The number of methoxy groups -OCH3 is 1. The average Bonchev–Trinajstić information content (AvgIpc) is 3.81. The van der Waals surface area contributed by atoms with E-state index in [-0.39, 0.29) is 49.4 Å². The number of aliphatic hydroxyl groups is 3. The summed E-state index contributed by atoms with van der Waals surface area (Å²) < 4.78 is 23.2. The van der Waals surface area contributed by atoms with Crippen molar-refractivity contribution in [1.82, 2.24) is 5.32 Å². The number of esters is 2. The first-order valence-corrected chi connectivity index (χ1v) is 17.5. The molecule has 2 aliphatic heterocycles. The van der Waals surface area contributed by atoms with Gasteiger partial charge in [0, 0.05) is 32.4 Å². The monoisotopic (exact) mass is 685 g/mol. The van der Waals surface area contributed by atoms with Gasteiger partial charge >= 0.3 is 11.9 Å². The Balaban J connectivity index is 1.87. The Morgan fingerprint density at radius 2 is 1.88 bits per heavy atom. The summed E-state index contributed by atoms with van der Waals surface area (Å²) >= 11 is 0. The zero-order chi connectivity index (χ0) is 36.5. The minimum atomic E-state index is -1.45. The van der Waals surface area contributed by atoms with Gasteiger partial charge in [0.2, 0.25) is 0 Å². The summed E-state index contributed by atoms with van der Waals surface area (Å²) in [6.07, 6.45) is 6.50. The number of rotatable bonds is 13. The van der Waals surface area contributed by atoms with E-state index < -0.39 is 47.5 Å². The molecule has 1 fully saturated rings. The highest BCUT2D eigenvalue weighted by Gasteiger charge is 2.54. The molecule has 274 valence electrons. The number of aryl methyl sites for hydroxylation is 1. The standard InChI is InChI=1S/C39H59NO9/c1-10-31(46-9)27(5)35-36(49-35)37(40-23-29-16-13-24(2)14-17-29)39(8,45)20-11-12-25(3)34-26(4)15-18-32(47-28(6)41)38(7,44)21-19-30(42)22-33(43)48-34/h11-18,20,26-27,30-32,34-37,40,42,44-45H,10,19,21-23H2,1-9H3/t26-,27+,30+,31-,32-,34?,35+,36-,37?,38+,39?/m0/s1. The summed E-state index contributed by atoms with van der Waals surface area (Å²) in [6, 6.07) is 7.82. The van der Waals surface area contributed by atoms with Gasteiger partial charge in [-0.05, 0) is 64.2 Å². The number of carbonyl (C=O) groups excluding carboxylic acids is 2. The Bertz CT molecular complexity index is 1310. The van der Waals surface area contributed by atoms with E-state index in [2.05, 4.69) is 43.4 Å². The van der Waals surface area contributed by atoms with Crippen molar-refractivity contribution >= 4 is 11.9 Å². The molecule has 49 heavy (non-hydrogen) atoms. The van der Waals surface area contributed by atoms with Crippen molar-refractivity contribution < 1.29 is 43.9 Å². The molecule has 3 unspecified atom stereocenters. The molecular weight excluding hydrogens is 626 g/mol. The van der Waals surface area contributed by atoms with Crippen LogP contribution in [-0.4, -0.2) is 88.2 Å². The van der Waals surface area contributed by atoms with Crippen LogP contribution < -0.4 is 5.32 Å². The predicted molar refractivity (Wildman–Crippen MR) is 188 cm³/mol. The zero-order valence-electron chi connectivity index (χ0n) is 30.7. The smallest absolute Gasteiger partial charge is 0.309 e. The highest BCUT2D eigenvalue weighted by molar-refractivity contribution is 5.70. The number of aliphatic hydroxyl groups excluding tert-OH is 1. The van der Waals surface area contributed by atoms with Crippen LogP contribution in [0.5, 0.6) is 0 Å². The molecule has 10 heteroatoms. The quantitative estimate of drug-likeness (QED) is 0.0982. The van der Waals surface area contributed by atoms with Crippen molar-refractivity contribution in [2.45, 2.75) is 141 Å². The first-order valence-electron chi connectivity index (χ1n) is 17.5. The third kappa shape index (κ3) is 11.9. The van der Waals surface area contributed by atoms with E-state index in [4.69, 9.17) is 18.9 Å². The molecule has 2 heterocycles. The van der Waals surface area contributed by atoms with Crippen molar-refractivity contribution in [2.75, 3.05) is 7.11 Å². The fourth-order valence-corrected chi connectivity index (χ4v) is 6.60. The third-order valence-corrected chi connectivity index (χ3v) is 9.83.